The van der Waals surface area contributed by atoms with Gasteiger partial charge in [0, 0.05) is 31.6 Å². The largest absolute Gasteiger partial charge is 0.356 e. The van der Waals surface area contributed by atoms with Crippen molar-refractivity contribution in [2.24, 2.45) is 0 Å². The maximum absolute atomic E-state index is 11.9. The molecule has 0 saturated heterocycles. The predicted octanol–water partition coefficient (Wildman–Crippen LogP) is 0.650. The van der Waals surface area contributed by atoms with Gasteiger partial charge in [0.1, 0.15) is 0 Å². The number of nitrogens with one attached hydrogen (secondary N) is 1. The van der Waals surface area contributed by atoms with E-state index in [0.717, 1.165) is 6.07 Å². The molecule has 0 atom stereocenters. The van der Waals surface area contributed by atoms with Gasteiger partial charge in [-0.2, -0.15) is 0 Å². The number of non-ortho nitro benzene ring substituents is 1. The second kappa shape index (κ2) is 5.70. The molecule has 1 aliphatic heterocycles. The first-order chi connectivity index (χ1) is 9.95. The molecule has 0 aromatic heterocycles. The molecule has 1 aromatic carbocycles. The van der Waals surface area contributed by atoms with Crippen LogP contribution >= 0.6 is 0 Å². The van der Waals surface area contributed by atoms with Crippen LogP contribution in [0.5, 0.6) is 0 Å². The van der Waals surface area contributed by atoms with Crippen molar-refractivity contribution in [3.63, 3.8) is 0 Å². The topological polar surface area (TPSA) is 110 Å². The zero-order valence-electron chi connectivity index (χ0n) is 11.3. The zero-order chi connectivity index (χ0) is 15.6. The molecule has 8 heteroatoms. The van der Waals surface area contributed by atoms with Crippen LogP contribution in [0.2, 0.25) is 0 Å². The second-order valence-electron chi connectivity index (χ2n) is 4.45. The van der Waals surface area contributed by atoms with E-state index in [2.05, 4.69) is 5.32 Å². The van der Waals surface area contributed by atoms with Crippen molar-refractivity contribution in [3.05, 3.63) is 33.9 Å². The fraction of sp³-hybridized carbons (Fsp3) is 0.308. The minimum absolute atomic E-state index is 0.00472. The smallest absolute Gasteiger partial charge is 0.299 e. The highest BCUT2D eigenvalue weighted by Gasteiger charge is 2.36. The maximum atomic E-state index is 11.9. The van der Waals surface area contributed by atoms with Crippen LogP contribution in [0.4, 0.5) is 11.4 Å². The van der Waals surface area contributed by atoms with Gasteiger partial charge in [0.15, 0.2) is 0 Å². The van der Waals surface area contributed by atoms with Gasteiger partial charge < -0.3 is 10.2 Å². The molecule has 0 saturated carbocycles. The predicted molar refractivity (Wildman–Crippen MR) is 73.1 cm³/mol. The number of carbonyl (C=O) groups excluding carboxylic acids is 3. The van der Waals surface area contributed by atoms with Gasteiger partial charge >= 0.3 is 0 Å². The van der Waals surface area contributed by atoms with Gasteiger partial charge in [-0.05, 0) is 13.0 Å². The number of carbonyl (C=O) groups is 3. The first-order valence-electron chi connectivity index (χ1n) is 6.37. The number of rotatable bonds is 5. The molecule has 0 spiro atoms. The number of Topliss-reactive ketones (excluding diaryl/α,β-unsaturated/α-hetero) is 1. The van der Waals surface area contributed by atoms with E-state index >= 15 is 0 Å². The molecular weight excluding hydrogens is 278 g/mol. The fourth-order valence-electron chi connectivity index (χ4n) is 2.12. The van der Waals surface area contributed by atoms with Gasteiger partial charge in [-0.3, -0.25) is 24.5 Å². The van der Waals surface area contributed by atoms with E-state index in [-0.39, 0.29) is 30.1 Å². The standard InChI is InChI=1S/C13H13N3O5/c1-2-14-11(17)5-6-15-10-4-3-8(16(20)21)7-9(10)12(18)13(15)19/h3-4,7H,2,5-6H2,1H3,(H,14,17). The van der Waals surface area contributed by atoms with Crippen LogP contribution in [0, 0.1) is 10.1 Å². The molecule has 1 N–H and O–H groups in total. The van der Waals surface area contributed by atoms with E-state index < -0.39 is 16.6 Å². The number of benzene rings is 1. The molecule has 1 aromatic rings. The summed E-state index contributed by atoms with van der Waals surface area (Å²) in [6, 6.07) is 3.67. The van der Waals surface area contributed by atoms with E-state index in [0.29, 0.717) is 12.2 Å². The number of nitro benzene ring substituents is 1. The fourth-order valence-corrected chi connectivity index (χ4v) is 2.12. The van der Waals surface area contributed by atoms with E-state index in [1.54, 1.807) is 6.92 Å². The van der Waals surface area contributed by atoms with Gasteiger partial charge in [-0.25, -0.2) is 0 Å². The van der Waals surface area contributed by atoms with Gasteiger partial charge in [0.2, 0.25) is 5.91 Å². The third-order valence-corrected chi connectivity index (χ3v) is 3.10. The molecule has 1 aliphatic rings. The lowest BCUT2D eigenvalue weighted by Gasteiger charge is -2.15. The average Bonchev–Trinajstić information content (AvgIpc) is 2.69. The first kappa shape index (κ1) is 14.6. The van der Waals surface area contributed by atoms with Crippen molar-refractivity contribution in [1.82, 2.24) is 5.32 Å². The third-order valence-electron chi connectivity index (χ3n) is 3.10. The minimum Gasteiger partial charge on any atom is -0.356 e. The summed E-state index contributed by atoms with van der Waals surface area (Å²) in [6.07, 6.45) is 0.0588. The summed E-state index contributed by atoms with van der Waals surface area (Å²) in [4.78, 5) is 46.4. The molecule has 2 amide bonds. The van der Waals surface area contributed by atoms with Crippen molar-refractivity contribution >= 4 is 29.0 Å². The number of hydrogen-bond acceptors (Lipinski definition) is 5. The lowest BCUT2D eigenvalue weighted by Crippen LogP contribution is -2.34. The highest BCUT2D eigenvalue weighted by Crippen LogP contribution is 2.31. The van der Waals surface area contributed by atoms with Gasteiger partial charge in [0.05, 0.1) is 16.2 Å². The normalized spacial score (nSPS) is 13.3. The maximum Gasteiger partial charge on any atom is 0.299 e. The van der Waals surface area contributed by atoms with Crippen LogP contribution in [0.1, 0.15) is 23.7 Å². The molecular formula is C13H13N3O5. The van der Waals surface area contributed by atoms with Crippen molar-refractivity contribution in [2.45, 2.75) is 13.3 Å². The van der Waals surface area contributed by atoms with Crippen LogP contribution in [-0.4, -0.2) is 35.6 Å². The number of nitro groups is 1. The average molecular weight is 291 g/mol. The third kappa shape index (κ3) is 2.73. The Hall–Kier alpha value is -2.77. The van der Waals surface area contributed by atoms with Crippen molar-refractivity contribution in [2.75, 3.05) is 18.0 Å². The summed E-state index contributed by atoms with van der Waals surface area (Å²) in [6.45, 7) is 2.31. The van der Waals surface area contributed by atoms with Crippen molar-refractivity contribution in [1.29, 1.82) is 0 Å². The molecule has 8 nitrogen and oxygen atoms in total. The Labute approximate surface area is 119 Å². The Balaban J connectivity index is 2.23. The number of hydrogen-bond donors (Lipinski definition) is 1. The van der Waals surface area contributed by atoms with Crippen LogP contribution in [0.25, 0.3) is 0 Å². The second-order valence-corrected chi connectivity index (χ2v) is 4.45. The Bertz CT molecular complexity index is 641. The molecule has 2 rings (SSSR count). The Morgan fingerprint density at radius 3 is 2.71 bits per heavy atom. The Morgan fingerprint density at radius 2 is 2.10 bits per heavy atom. The zero-order valence-corrected chi connectivity index (χ0v) is 11.3. The molecule has 0 bridgehead atoms. The summed E-state index contributed by atoms with van der Waals surface area (Å²) >= 11 is 0. The Morgan fingerprint density at radius 1 is 1.38 bits per heavy atom. The highest BCUT2D eigenvalue weighted by atomic mass is 16.6. The molecule has 0 aliphatic carbocycles. The molecule has 1 heterocycles. The summed E-state index contributed by atoms with van der Waals surface area (Å²) < 4.78 is 0. The number of amides is 2. The van der Waals surface area contributed by atoms with Gasteiger partial charge in [0.25, 0.3) is 17.4 Å². The molecule has 0 radical (unpaired) electrons. The van der Waals surface area contributed by atoms with Crippen LogP contribution < -0.4 is 10.2 Å². The SMILES string of the molecule is CCNC(=O)CCN1C(=O)C(=O)c2cc([N+](=O)[O-])ccc21. The van der Waals surface area contributed by atoms with E-state index in [1.165, 1.54) is 17.0 Å². The minimum atomic E-state index is -0.787. The van der Waals surface area contributed by atoms with Crippen molar-refractivity contribution < 1.29 is 19.3 Å². The lowest BCUT2D eigenvalue weighted by atomic mass is 10.1. The van der Waals surface area contributed by atoms with Crippen LogP contribution in [0.15, 0.2) is 18.2 Å². The Kier molecular flexibility index (Phi) is 3.97. The summed E-state index contributed by atoms with van der Waals surface area (Å²) in [5, 5.41) is 13.3. The van der Waals surface area contributed by atoms with E-state index in [1.807, 2.05) is 0 Å². The molecule has 0 unspecified atom stereocenters. The van der Waals surface area contributed by atoms with Gasteiger partial charge in [-0.15, -0.1) is 0 Å². The lowest BCUT2D eigenvalue weighted by molar-refractivity contribution is -0.384. The first-order valence-corrected chi connectivity index (χ1v) is 6.37. The highest BCUT2D eigenvalue weighted by molar-refractivity contribution is 6.52. The van der Waals surface area contributed by atoms with Crippen LogP contribution in [-0.2, 0) is 9.59 Å². The van der Waals surface area contributed by atoms with Gasteiger partial charge in [-0.1, -0.05) is 0 Å². The summed E-state index contributed by atoms with van der Waals surface area (Å²) in [7, 11) is 0. The number of anilines is 1. The quantitative estimate of drug-likeness (QED) is 0.486. The molecule has 21 heavy (non-hydrogen) atoms. The van der Waals surface area contributed by atoms with E-state index in [4.69, 9.17) is 0 Å². The number of nitrogens with zero attached hydrogens (tertiary/aromatic N) is 2. The van der Waals surface area contributed by atoms with Crippen molar-refractivity contribution in [3.8, 4) is 0 Å². The summed E-state index contributed by atoms with van der Waals surface area (Å²) in [5.74, 6) is -1.78. The molecule has 110 valence electrons. The monoisotopic (exact) mass is 291 g/mol. The number of ketones is 1. The van der Waals surface area contributed by atoms with Crippen LogP contribution in [0.3, 0.4) is 0 Å². The number of fused-ring (bicyclic) bond motifs is 1. The van der Waals surface area contributed by atoms with E-state index in [9.17, 15) is 24.5 Å². The summed E-state index contributed by atoms with van der Waals surface area (Å²) in [5.41, 5.74) is 0.0606. The molecule has 0 fully saturated rings.